The summed E-state index contributed by atoms with van der Waals surface area (Å²) in [5, 5.41) is 0.582. The van der Waals surface area contributed by atoms with E-state index in [-0.39, 0.29) is 0 Å². The fraction of sp³-hybridized carbons (Fsp3) is 0.500. The molecule has 0 aliphatic rings. The first-order valence-electron chi connectivity index (χ1n) is 8.59. The van der Waals surface area contributed by atoms with Crippen LogP contribution in [0.25, 0.3) is 0 Å². The molecule has 1 aromatic heterocycles. The Labute approximate surface area is 145 Å². The highest BCUT2D eigenvalue weighted by Crippen LogP contribution is 2.34. The quantitative estimate of drug-likeness (QED) is 0.586. The molecule has 126 valence electrons. The third-order valence-electron chi connectivity index (χ3n) is 4.02. The standard InChI is InChI=1S/C20H29NOS/c1-6-7-13-19-20(23-15(2)3)16(4)17(5)21(19)22-14-18-11-9-8-10-12-18/h8-12,15H,6-7,13-14H2,1-5H3. The van der Waals surface area contributed by atoms with Gasteiger partial charge in [0.25, 0.3) is 0 Å². The van der Waals surface area contributed by atoms with Crippen molar-refractivity contribution in [2.75, 3.05) is 0 Å². The Kier molecular flexibility index (Phi) is 6.64. The fourth-order valence-corrected chi connectivity index (χ4v) is 3.78. The summed E-state index contributed by atoms with van der Waals surface area (Å²) < 4.78 is 2.09. The van der Waals surface area contributed by atoms with Crippen molar-refractivity contribution in [3.05, 3.63) is 52.8 Å². The zero-order valence-electron chi connectivity index (χ0n) is 15.1. The van der Waals surface area contributed by atoms with E-state index in [0.717, 1.165) is 6.42 Å². The Hall–Kier alpha value is -1.35. The van der Waals surface area contributed by atoms with Crippen molar-refractivity contribution in [3.8, 4) is 0 Å². The van der Waals surface area contributed by atoms with E-state index in [2.05, 4.69) is 63.6 Å². The van der Waals surface area contributed by atoms with Gasteiger partial charge in [-0.2, -0.15) is 4.73 Å². The first-order valence-corrected chi connectivity index (χ1v) is 9.47. The van der Waals surface area contributed by atoms with Crippen molar-refractivity contribution in [1.29, 1.82) is 0 Å². The first-order chi connectivity index (χ1) is 11.0. The molecule has 0 atom stereocenters. The fourth-order valence-electron chi connectivity index (χ4n) is 2.67. The molecule has 0 spiro atoms. The molecule has 0 unspecified atom stereocenters. The van der Waals surface area contributed by atoms with Crippen LogP contribution < -0.4 is 4.84 Å². The zero-order chi connectivity index (χ0) is 16.8. The van der Waals surface area contributed by atoms with Crippen LogP contribution in [0.5, 0.6) is 0 Å². The highest BCUT2D eigenvalue weighted by Gasteiger charge is 2.19. The normalized spacial score (nSPS) is 11.2. The molecule has 23 heavy (non-hydrogen) atoms. The molecule has 2 aromatic rings. The maximum absolute atomic E-state index is 6.20. The van der Waals surface area contributed by atoms with Crippen LogP contribution in [0.2, 0.25) is 0 Å². The Morgan fingerprint density at radius 1 is 1.13 bits per heavy atom. The van der Waals surface area contributed by atoms with E-state index in [9.17, 15) is 0 Å². The molecule has 0 fully saturated rings. The number of hydrogen-bond donors (Lipinski definition) is 0. The van der Waals surface area contributed by atoms with Crippen molar-refractivity contribution in [3.63, 3.8) is 0 Å². The van der Waals surface area contributed by atoms with Crippen molar-refractivity contribution < 1.29 is 4.84 Å². The maximum atomic E-state index is 6.20. The summed E-state index contributed by atoms with van der Waals surface area (Å²) in [5.74, 6) is 0. The first kappa shape index (κ1) is 18.0. The number of aromatic nitrogens is 1. The lowest BCUT2D eigenvalue weighted by atomic mass is 10.2. The highest BCUT2D eigenvalue weighted by atomic mass is 32.2. The van der Waals surface area contributed by atoms with Crippen molar-refractivity contribution in [1.82, 2.24) is 4.73 Å². The van der Waals surface area contributed by atoms with Crippen LogP contribution in [0.4, 0.5) is 0 Å². The van der Waals surface area contributed by atoms with Gasteiger partial charge in [-0.05, 0) is 37.8 Å². The number of benzene rings is 1. The van der Waals surface area contributed by atoms with Gasteiger partial charge in [0.1, 0.15) is 6.61 Å². The van der Waals surface area contributed by atoms with Gasteiger partial charge in [0, 0.05) is 10.1 Å². The molecule has 0 bridgehead atoms. The van der Waals surface area contributed by atoms with Crippen LogP contribution in [-0.2, 0) is 13.0 Å². The molecule has 1 heterocycles. The molecule has 0 saturated heterocycles. The summed E-state index contributed by atoms with van der Waals surface area (Å²) in [6.45, 7) is 11.8. The van der Waals surface area contributed by atoms with Gasteiger partial charge in [-0.3, -0.25) is 0 Å². The van der Waals surface area contributed by atoms with E-state index in [1.807, 2.05) is 17.8 Å². The average molecular weight is 332 g/mol. The lowest BCUT2D eigenvalue weighted by molar-refractivity contribution is 0.0863. The van der Waals surface area contributed by atoms with Crippen LogP contribution in [0.15, 0.2) is 35.2 Å². The summed E-state index contributed by atoms with van der Waals surface area (Å²) in [6, 6.07) is 10.4. The number of nitrogens with zero attached hydrogens (tertiary/aromatic N) is 1. The van der Waals surface area contributed by atoms with Gasteiger partial charge in [-0.25, -0.2) is 0 Å². The van der Waals surface area contributed by atoms with Gasteiger partial charge in [0.15, 0.2) is 0 Å². The minimum atomic E-state index is 0.582. The predicted octanol–water partition coefficient (Wildman–Crippen LogP) is 5.58. The summed E-state index contributed by atoms with van der Waals surface area (Å²) in [6.07, 6.45) is 3.48. The SMILES string of the molecule is CCCCc1c(SC(C)C)c(C)c(C)n1OCc1ccccc1. The smallest absolute Gasteiger partial charge is 0.140 e. The zero-order valence-corrected chi connectivity index (χ0v) is 15.9. The largest absolute Gasteiger partial charge is 0.409 e. The molecule has 1 aromatic carbocycles. The molecule has 2 nitrogen and oxygen atoms in total. The van der Waals surface area contributed by atoms with Crippen LogP contribution >= 0.6 is 11.8 Å². The molecule has 0 aliphatic carbocycles. The number of unbranched alkanes of at least 4 members (excludes halogenated alkanes) is 1. The van der Waals surface area contributed by atoms with E-state index in [1.165, 1.54) is 40.3 Å². The lowest BCUT2D eigenvalue weighted by Gasteiger charge is -2.14. The van der Waals surface area contributed by atoms with E-state index >= 15 is 0 Å². The van der Waals surface area contributed by atoms with Crippen LogP contribution in [-0.4, -0.2) is 9.98 Å². The predicted molar refractivity (Wildman–Crippen MR) is 100 cm³/mol. The molecule has 0 saturated carbocycles. The van der Waals surface area contributed by atoms with Gasteiger partial charge < -0.3 is 4.84 Å². The monoisotopic (exact) mass is 331 g/mol. The molecule has 0 radical (unpaired) electrons. The second-order valence-corrected chi connectivity index (χ2v) is 7.90. The lowest BCUT2D eigenvalue weighted by Crippen LogP contribution is -2.16. The number of rotatable bonds is 8. The molecular formula is C20H29NOS. The highest BCUT2D eigenvalue weighted by molar-refractivity contribution is 8.00. The van der Waals surface area contributed by atoms with Crippen LogP contribution in [0.1, 0.15) is 56.1 Å². The second-order valence-electron chi connectivity index (χ2n) is 6.31. The average Bonchev–Trinajstić information content (AvgIpc) is 2.76. The van der Waals surface area contributed by atoms with Gasteiger partial charge in [-0.1, -0.05) is 57.5 Å². The third kappa shape index (κ3) is 4.57. The van der Waals surface area contributed by atoms with Crippen LogP contribution in [0.3, 0.4) is 0 Å². The number of hydrogen-bond acceptors (Lipinski definition) is 2. The minimum Gasteiger partial charge on any atom is -0.409 e. The van der Waals surface area contributed by atoms with Gasteiger partial charge in [-0.15, -0.1) is 11.8 Å². The van der Waals surface area contributed by atoms with Gasteiger partial charge in [0.05, 0.1) is 11.4 Å². The van der Waals surface area contributed by atoms with Gasteiger partial charge >= 0.3 is 0 Å². The topological polar surface area (TPSA) is 14.2 Å². The molecule has 0 amide bonds. The molecule has 2 rings (SSSR count). The molecule has 3 heteroatoms. The molecule has 0 aliphatic heterocycles. The van der Waals surface area contributed by atoms with Crippen LogP contribution in [0, 0.1) is 13.8 Å². The third-order valence-corrected chi connectivity index (χ3v) is 5.27. The van der Waals surface area contributed by atoms with Crippen molar-refractivity contribution in [2.45, 2.75) is 70.6 Å². The van der Waals surface area contributed by atoms with E-state index in [4.69, 9.17) is 4.84 Å². The Morgan fingerprint density at radius 2 is 1.83 bits per heavy atom. The minimum absolute atomic E-state index is 0.582. The summed E-state index contributed by atoms with van der Waals surface area (Å²) in [4.78, 5) is 7.61. The van der Waals surface area contributed by atoms with E-state index in [1.54, 1.807) is 0 Å². The van der Waals surface area contributed by atoms with Gasteiger partial charge in [0.2, 0.25) is 0 Å². The summed E-state index contributed by atoms with van der Waals surface area (Å²) >= 11 is 1.96. The van der Waals surface area contributed by atoms with E-state index in [0.29, 0.717) is 11.9 Å². The second kappa shape index (κ2) is 8.49. The Bertz CT molecular complexity index is 616. The molecular weight excluding hydrogens is 302 g/mol. The Balaban J connectivity index is 2.28. The number of thioether (sulfide) groups is 1. The van der Waals surface area contributed by atoms with E-state index < -0.39 is 0 Å². The maximum Gasteiger partial charge on any atom is 0.140 e. The van der Waals surface area contributed by atoms with Crippen molar-refractivity contribution >= 4 is 11.8 Å². The van der Waals surface area contributed by atoms with Crippen molar-refractivity contribution in [2.24, 2.45) is 0 Å². The Morgan fingerprint density at radius 3 is 2.43 bits per heavy atom. The summed E-state index contributed by atoms with van der Waals surface area (Å²) in [7, 11) is 0. The molecule has 0 N–H and O–H groups in total. The summed E-state index contributed by atoms with van der Waals surface area (Å²) in [5.41, 5.74) is 5.15.